The molecule has 0 saturated heterocycles. The lowest BCUT2D eigenvalue weighted by atomic mass is 10.1. The van der Waals surface area contributed by atoms with Crippen LogP contribution in [0.3, 0.4) is 0 Å². The molecule has 9 heteroatoms. The van der Waals surface area contributed by atoms with Crippen LogP contribution in [-0.4, -0.2) is 26.0 Å². The molecule has 0 fully saturated rings. The van der Waals surface area contributed by atoms with Gasteiger partial charge in [-0.25, -0.2) is 9.48 Å². The van der Waals surface area contributed by atoms with Crippen molar-refractivity contribution in [3.05, 3.63) is 51.4 Å². The van der Waals surface area contributed by atoms with Crippen molar-refractivity contribution in [1.82, 2.24) is 9.78 Å². The van der Waals surface area contributed by atoms with Crippen molar-refractivity contribution in [1.29, 1.82) is 0 Å². The molecule has 2 rings (SSSR count). The number of benzene rings is 1. The number of halogens is 3. The molecule has 0 unspecified atom stereocenters. The normalized spacial score (nSPS) is 11.5. The molecule has 0 saturated carbocycles. The van der Waals surface area contributed by atoms with Crippen molar-refractivity contribution >= 4 is 5.97 Å². The Morgan fingerprint density at radius 2 is 1.95 bits per heavy atom. The Balaban J connectivity index is 2.84. The van der Waals surface area contributed by atoms with Crippen molar-refractivity contribution < 1.29 is 28.2 Å². The highest BCUT2D eigenvalue weighted by molar-refractivity contribution is 5.85. The van der Waals surface area contributed by atoms with E-state index < -0.39 is 40.3 Å². The summed E-state index contributed by atoms with van der Waals surface area (Å²) in [6, 6.07) is 3.34. The summed E-state index contributed by atoms with van der Waals surface area (Å²) >= 11 is 0. The molecule has 1 heterocycles. The van der Waals surface area contributed by atoms with Crippen LogP contribution in [0.5, 0.6) is 5.75 Å². The molecule has 0 spiro atoms. The van der Waals surface area contributed by atoms with E-state index in [1.54, 1.807) is 0 Å². The minimum atomic E-state index is -4.72. The lowest BCUT2D eigenvalue weighted by molar-refractivity contribution is -0.137. The predicted octanol–water partition coefficient (Wildman–Crippen LogP) is 1.96. The van der Waals surface area contributed by atoms with E-state index in [-0.39, 0.29) is 5.56 Å². The molecule has 1 aromatic heterocycles. The third-order valence-electron chi connectivity index (χ3n) is 2.87. The molecule has 0 bridgehead atoms. The second kappa shape index (κ2) is 5.17. The third-order valence-corrected chi connectivity index (χ3v) is 2.87. The number of aromatic hydroxyl groups is 1. The Morgan fingerprint density at radius 3 is 2.50 bits per heavy atom. The van der Waals surface area contributed by atoms with Crippen LogP contribution < -0.4 is 5.43 Å². The monoisotopic (exact) mass is 314 g/mol. The van der Waals surface area contributed by atoms with Gasteiger partial charge in [0.2, 0.25) is 5.69 Å². The van der Waals surface area contributed by atoms with Gasteiger partial charge in [-0.05, 0) is 18.6 Å². The van der Waals surface area contributed by atoms with E-state index in [1.165, 1.54) is 19.1 Å². The Hall–Kier alpha value is -2.84. The molecule has 0 atom stereocenters. The maximum atomic E-state index is 13.1. The lowest BCUT2D eigenvalue weighted by Gasteiger charge is -2.16. The van der Waals surface area contributed by atoms with Crippen LogP contribution in [-0.2, 0) is 6.18 Å². The van der Waals surface area contributed by atoms with Crippen LogP contribution in [0, 0.1) is 6.92 Å². The summed E-state index contributed by atoms with van der Waals surface area (Å²) < 4.78 is 39.8. The fourth-order valence-corrected chi connectivity index (χ4v) is 1.92. The first-order chi connectivity index (χ1) is 10.1. The van der Waals surface area contributed by atoms with E-state index in [2.05, 4.69) is 5.10 Å². The van der Waals surface area contributed by atoms with E-state index in [0.29, 0.717) is 10.9 Å². The van der Waals surface area contributed by atoms with Crippen molar-refractivity contribution in [2.45, 2.75) is 13.1 Å². The zero-order chi connectivity index (χ0) is 16.7. The van der Waals surface area contributed by atoms with Gasteiger partial charge in [0.1, 0.15) is 0 Å². The number of hydrogen-bond acceptors (Lipinski definition) is 4. The number of carboxylic acid groups (broad SMARTS) is 1. The average molecular weight is 314 g/mol. The molecule has 22 heavy (non-hydrogen) atoms. The number of aromatic carboxylic acids is 1. The molecule has 2 aromatic rings. The number of aryl methyl sites for hydroxylation is 1. The highest BCUT2D eigenvalue weighted by Crippen LogP contribution is 2.35. The quantitative estimate of drug-likeness (QED) is 0.884. The summed E-state index contributed by atoms with van der Waals surface area (Å²) in [5, 5.41) is 21.7. The lowest BCUT2D eigenvalue weighted by Crippen LogP contribution is -2.23. The van der Waals surface area contributed by atoms with Gasteiger partial charge in [0.15, 0.2) is 5.75 Å². The summed E-state index contributed by atoms with van der Waals surface area (Å²) in [6.45, 7) is 1.36. The largest absolute Gasteiger partial charge is 0.503 e. The minimum Gasteiger partial charge on any atom is -0.503 e. The highest BCUT2D eigenvalue weighted by Gasteiger charge is 2.35. The van der Waals surface area contributed by atoms with Gasteiger partial charge in [0, 0.05) is 0 Å². The molecule has 2 N–H and O–H groups in total. The molecule has 0 aliphatic carbocycles. The van der Waals surface area contributed by atoms with E-state index in [9.17, 15) is 27.9 Å². The number of alkyl halides is 3. The smallest absolute Gasteiger partial charge is 0.418 e. The van der Waals surface area contributed by atoms with Crippen LogP contribution in [0.4, 0.5) is 13.2 Å². The zero-order valence-corrected chi connectivity index (χ0v) is 11.0. The van der Waals surface area contributed by atoms with E-state index in [4.69, 9.17) is 5.11 Å². The SMILES string of the molecule is Cc1cccc(C(F)(F)F)c1-n1cc(O)c(=O)c(C(=O)O)n1. The van der Waals surface area contributed by atoms with E-state index >= 15 is 0 Å². The van der Waals surface area contributed by atoms with Gasteiger partial charge in [-0.15, -0.1) is 0 Å². The first-order valence-corrected chi connectivity index (χ1v) is 5.86. The average Bonchev–Trinajstić information content (AvgIpc) is 2.40. The summed E-state index contributed by atoms with van der Waals surface area (Å²) in [4.78, 5) is 22.3. The first-order valence-electron chi connectivity index (χ1n) is 5.86. The van der Waals surface area contributed by atoms with Gasteiger partial charge in [-0.1, -0.05) is 12.1 Å². The third kappa shape index (κ3) is 2.65. The number of aromatic nitrogens is 2. The second-order valence-electron chi connectivity index (χ2n) is 4.41. The maximum Gasteiger partial charge on any atom is 0.418 e. The number of rotatable bonds is 2. The number of para-hydroxylation sites is 1. The zero-order valence-electron chi connectivity index (χ0n) is 11.0. The maximum absolute atomic E-state index is 13.1. The number of carboxylic acids is 1. The first kappa shape index (κ1) is 15.5. The van der Waals surface area contributed by atoms with Crippen molar-refractivity contribution in [2.75, 3.05) is 0 Å². The Labute approximate surface area is 121 Å². The van der Waals surface area contributed by atoms with Gasteiger partial charge in [0.25, 0.3) is 5.43 Å². The highest BCUT2D eigenvalue weighted by atomic mass is 19.4. The summed E-state index contributed by atoms with van der Waals surface area (Å²) in [5.74, 6) is -2.76. The Morgan fingerprint density at radius 1 is 1.32 bits per heavy atom. The van der Waals surface area contributed by atoms with Crippen LogP contribution in [0.2, 0.25) is 0 Å². The van der Waals surface area contributed by atoms with Gasteiger partial charge in [-0.3, -0.25) is 4.79 Å². The summed E-state index contributed by atoms with van der Waals surface area (Å²) in [7, 11) is 0. The molecule has 6 nitrogen and oxygen atoms in total. The Kier molecular flexibility index (Phi) is 3.65. The number of nitrogens with zero attached hydrogens (tertiary/aromatic N) is 2. The summed E-state index contributed by atoms with van der Waals surface area (Å²) in [5.41, 5.74) is -3.74. The predicted molar refractivity (Wildman–Crippen MR) is 68.2 cm³/mol. The Bertz CT molecular complexity index is 812. The molecular formula is C13H9F3N2O4. The van der Waals surface area contributed by atoms with Gasteiger partial charge in [-0.2, -0.15) is 18.3 Å². The molecule has 0 amide bonds. The second-order valence-corrected chi connectivity index (χ2v) is 4.41. The number of hydrogen-bond donors (Lipinski definition) is 2. The van der Waals surface area contributed by atoms with Gasteiger partial charge >= 0.3 is 12.1 Å². The van der Waals surface area contributed by atoms with Crippen molar-refractivity contribution in [3.63, 3.8) is 0 Å². The molecular weight excluding hydrogens is 305 g/mol. The standard InChI is InChI=1S/C13H9F3N2O4/c1-6-3-2-4-7(13(14,15)16)10(6)18-5-8(19)11(20)9(17-18)12(21)22/h2-5,19H,1H3,(H,21,22). The van der Waals surface area contributed by atoms with Crippen LogP contribution >= 0.6 is 0 Å². The minimum absolute atomic E-state index is 0.140. The van der Waals surface area contributed by atoms with Gasteiger partial charge in [0.05, 0.1) is 17.4 Å². The van der Waals surface area contributed by atoms with E-state index in [1.807, 2.05) is 0 Å². The van der Waals surface area contributed by atoms with Crippen molar-refractivity contribution in [3.8, 4) is 11.4 Å². The molecule has 1 aromatic carbocycles. The van der Waals surface area contributed by atoms with Crippen LogP contribution in [0.15, 0.2) is 29.2 Å². The molecule has 0 radical (unpaired) electrons. The molecule has 116 valence electrons. The van der Waals surface area contributed by atoms with Crippen LogP contribution in [0.25, 0.3) is 5.69 Å². The van der Waals surface area contributed by atoms with E-state index in [0.717, 1.165) is 6.07 Å². The van der Waals surface area contributed by atoms with Crippen molar-refractivity contribution in [2.24, 2.45) is 0 Å². The molecule has 0 aliphatic rings. The topological polar surface area (TPSA) is 92.4 Å². The fourth-order valence-electron chi connectivity index (χ4n) is 1.92. The summed E-state index contributed by atoms with van der Waals surface area (Å²) in [6.07, 6.45) is -4.07. The molecule has 0 aliphatic heterocycles. The van der Waals surface area contributed by atoms with Crippen LogP contribution in [0.1, 0.15) is 21.6 Å². The number of carbonyl (C=O) groups is 1. The fraction of sp³-hybridized carbons (Fsp3) is 0.154. The van der Waals surface area contributed by atoms with Gasteiger partial charge < -0.3 is 10.2 Å².